The number of halogens is 2. The Balaban J connectivity index is 1.46. The summed E-state index contributed by atoms with van der Waals surface area (Å²) in [5, 5.41) is 8.94. The number of hydrogen-bond acceptors (Lipinski definition) is 7. The Labute approximate surface area is 188 Å². The molecule has 0 radical (unpaired) electrons. The minimum Gasteiger partial charge on any atom is -0.494 e. The average molecular weight is 467 g/mol. The summed E-state index contributed by atoms with van der Waals surface area (Å²) in [6.07, 6.45) is 2.11. The van der Waals surface area contributed by atoms with E-state index in [4.69, 9.17) is 37.1 Å². The molecule has 6 nitrogen and oxygen atoms in total. The molecule has 0 saturated heterocycles. The lowest BCUT2D eigenvalue weighted by atomic mass is 10.1. The van der Waals surface area contributed by atoms with Gasteiger partial charge in [0.25, 0.3) is 11.1 Å². The summed E-state index contributed by atoms with van der Waals surface area (Å²) in [5.74, 6) is 1.75. The molecule has 3 rings (SSSR count). The minimum atomic E-state index is -0.154. The van der Waals surface area contributed by atoms with E-state index in [1.165, 1.54) is 6.07 Å². The highest BCUT2D eigenvalue weighted by Gasteiger charge is 2.14. The first-order valence-corrected chi connectivity index (χ1v) is 11.1. The smallest absolute Gasteiger partial charge is 0.277 e. The van der Waals surface area contributed by atoms with Crippen LogP contribution in [0.2, 0.25) is 10.0 Å². The number of rotatable bonds is 11. The summed E-state index contributed by atoms with van der Waals surface area (Å²) < 4.78 is 16.8. The van der Waals surface area contributed by atoms with Crippen molar-refractivity contribution in [3.8, 4) is 11.5 Å². The molecular weight excluding hydrogens is 447 g/mol. The van der Waals surface area contributed by atoms with Gasteiger partial charge in [-0.2, -0.15) is 0 Å². The summed E-state index contributed by atoms with van der Waals surface area (Å²) in [6.45, 7) is 2.95. The van der Waals surface area contributed by atoms with Crippen molar-refractivity contribution in [1.82, 2.24) is 10.2 Å². The lowest BCUT2D eigenvalue weighted by Gasteiger charge is -2.07. The van der Waals surface area contributed by atoms with E-state index >= 15 is 0 Å². The van der Waals surface area contributed by atoms with Gasteiger partial charge in [-0.15, -0.1) is 10.2 Å². The monoisotopic (exact) mass is 466 g/mol. The highest BCUT2D eigenvalue weighted by Crippen LogP contribution is 2.25. The first-order chi connectivity index (χ1) is 14.5. The number of ether oxygens (including phenoxy) is 2. The Morgan fingerprint density at radius 1 is 1.07 bits per heavy atom. The fourth-order valence-corrected chi connectivity index (χ4v) is 3.56. The fourth-order valence-electron chi connectivity index (χ4n) is 2.39. The molecule has 0 bridgehead atoms. The Kier molecular flexibility index (Phi) is 8.42. The molecule has 0 fully saturated rings. The number of ketones is 1. The van der Waals surface area contributed by atoms with Crippen molar-refractivity contribution in [3.63, 3.8) is 0 Å². The number of benzene rings is 2. The molecule has 0 saturated carbocycles. The SMILES string of the molecule is CCCCOc1ccc(OCc2nnc(SCC(=O)c3ccc(Cl)cc3Cl)o2)cc1. The lowest BCUT2D eigenvalue weighted by molar-refractivity contribution is 0.102. The normalized spacial score (nSPS) is 10.8. The molecule has 158 valence electrons. The van der Waals surface area contributed by atoms with Crippen molar-refractivity contribution in [2.24, 2.45) is 0 Å². The standard InChI is InChI=1S/C21H20Cl2N2O4S/c1-2-3-10-27-15-5-7-16(8-6-15)28-12-20-24-25-21(29-20)30-13-19(26)17-9-4-14(22)11-18(17)23/h4-9,11H,2-3,10,12-13H2,1H3. The predicted octanol–water partition coefficient (Wildman–Crippen LogP) is 6.11. The van der Waals surface area contributed by atoms with Crippen LogP contribution in [0.5, 0.6) is 11.5 Å². The third-order valence-corrected chi connectivity index (χ3v) is 5.33. The number of aromatic nitrogens is 2. The molecule has 3 aromatic rings. The predicted molar refractivity (Wildman–Crippen MR) is 117 cm³/mol. The zero-order chi connectivity index (χ0) is 21.3. The Hall–Kier alpha value is -2.22. The van der Waals surface area contributed by atoms with E-state index in [1.54, 1.807) is 12.1 Å². The summed E-state index contributed by atoms with van der Waals surface area (Å²) in [5.41, 5.74) is 0.402. The van der Waals surface area contributed by atoms with Gasteiger partial charge in [-0.3, -0.25) is 4.79 Å². The lowest BCUT2D eigenvalue weighted by Crippen LogP contribution is -2.03. The largest absolute Gasteiger partial charge is 0.494 e. The molecule has 0 aliphatic carbocycles. The molecule has 1 heterocycles. The Morgan fingerprint density at radius 2 is 1.80 bits per heavy atom. The van der Waals surface area contributed by atoms with Crippen LogP contribution in [0.1, 0.15) is 36.0 Å². The van der Waals surface area contributed by atoms with Gasteiger partial charge in [-0.05, 0) is 48.9 Å². The first-order valence-electron chi connectivity index (χ1n) is 9.34. The van der Waals surface area contributed by atoms with Crippen LogP contribution in [0, 0.1) is 0 Å². The molecule has 0 N–H and O–H groups in total. The molecule has 1 aromatic heterocycles. The van der Waals surface area contributed by atoms with Crippen LogP contribution in [0.4, 0.5) is 0 Å². The minimum absolute atomic E-state index is 0.114. The van der Waals surface area contributed by atoms with Crippen LogP contribution in [0.3, 0.4) is 0 Å². The summed E-state index contributed by atoms with van der Waals surface area (Å²) in [4.78, 5) is 12.3. The van der Waals surface area contributed by atoms with Gasteiger partial charge in [-0.1, -0.05) is 48.3 Å². The maximum absolute atomic E-state index is 12.3. The Bertz CT molecular complexity index is 979. The van der Waals surface area contributed by atoms with Crippen molar-refractivity contribution >= 4 is 40.7 Å². The van der Waals surface area contributed by atoms with Crippen molar-refractivity contribution in [3.05, 3.63) is 64.0 Å². The van der Waals surface area contributed by atoms with Gasteiger partial charge in [0.15, 0.2) is 12.4 Å². The van der Waals surface area contributed by atoms with E-state index in [0.717, 1.165) is 30.4 Å². The molecule has 2 aromatic carbocycles. The van der Waals surface area contributed by atoms with E-state index in [1.807, 2.05) is 24.3 Å². The van der Waals surface area contributed by atoms with Crippen LogP contribution in [-0.4, -0.2) is 28.3 Å². The number of unbranched alkanes of at least 4 members (excludes halogenated alkanes) is 1. The molecule has 0 aliphatic heterocycles. The maximum Gasteiger partial charge on any atom is 0.277 e. The number of nitrogens with zero attached hydrogens (tertiary/aromatic N) is 2. The number of hydrogen-bond donors (Lipinski definition) is 0. The number of Topliss-reactive ketones (excluding diaryl/α,β-unsaturated/α-hetero) is 1. The van der Waals surface area contributed by atoms with Gasteiger partial charge < -0.3 is 13.9 Å². The van der Waals surface area contributed by atoms with Gasteiger partial charge in [0, 0.05) is 10.6 Å². The highest BCUT2D eigenvalue weighted by molar-refractivity contribution is 7.99. The van der Waals surface area contributed by atoms with Gasteiger partial charge in [0.1, 0.15) is 11.5 Å². The summed E-state index contributed by atoms with van der Waals surface area (Å²) >= 11 is 13.0. The van der Waals surface area contributed by atoms with Crippen LogP contribution < -0.4 is 9.47 Å². The summed E-state index contributed by atoms with van der Waals surface area (Å²) in [7, 11) is 0. The summed E-state index contributed by atoms with van der Waals surface area (Å²) in [6, 6.07) is 12.1. The molecule has 0 unspecified atom stereocenters. The van der Waals surface area contributed by atoms with E-state index in [0.29, 0.717) is 33.9 Å². The fraction of sp³-hybridized carbons (Fsp3) is 0.286. The van der Waals surface area contributed by atoms with Gasteiger partial charge in [-0.25, -0.2) is 0 Å². The quantitative estimate of drug-likeness (QED) is 0.191. The first kappa shape index (κ1) is 22.5. The topological polar surface area (TPSA) is 74.5 Å². The maximum atomic E-state index is 12.3. The van der Waals surface area contributed by atoms with Gasteiger partial charge in [0.05, 0.1) is 17.4 Å². The van der Waals surface area contributed by atoms with Crippen molar-refractivity contribution < 1.29 is 18.7 Å². The van der Waals surface area contributed by atoms with E-state index in [9.17, 15) is 4.79 Å². The van der Waals surface area contributed by atoms with E-state index in [-0.39, 0.29) is 23.4 Å². The average Bonchev–Trinajstić information content (AvgIpc) is 3.19. The molecule has 0 amide bonds. The number of carbonyl (C=O) groups excluding carboxylic acids is 1. The third kappa shape index (κ3) is 6.65. The van der Waals surface area contributed by atoms with Crippen molar-refractivity contribution in [1.29, 1.82) is 0 Å². The third-order valence-electron chi connectivity index (χ3n) is 3.96. The van der Waals surface area contributed by atoms with E-state index < -0.39 is 0 Å². The van der Waals surface area contributed by atoms with Crippen LogP contribution in [-0.2, 0) is 6.61 Å². The molecule has 30 heavy (non-hydrogen) atoms. The molecule has 9 heteroatoms. The number of thioether (sulfide) groups is 1. The molecular formula is C21H20Cl2N2O4S. The number of carbonyl (C=O) groups is 1. The molecule has 0 atom stereocenters. The second kappa shape index (κ2) is 11.2. The van der Waals surface area contributed by atoms with Crippen molar-refractivity contribution in [2.75, 3.05) is 12.4 Å². The second-order valence-corrected chi connectivity index (χ2v) is 8.03. The van der Waals surface area contributed by atoms with Gasteiger partial charge >= 0.3 is 0 Å². The zero-order valence-electron chi connectivity index (χ0n) is 16.3. The van der Waals surface area contributed by atoms with E-state index in [2.05, 4.69) is 17.1 Å². The highest BCUT2D eigenvalue weighted by atomic mass is 35.5. The van der Waals surface area contributed by atoms with Crippen LogP contribution in [0.25, 0.3) is 0 Å². The van der Waals surface area contributed by atoms with Gasteiger partial charge in [0.2, 0.25) is 0 Å². The Morgan fingerprint density at radius 3 is 2.50 bits per heavy atom. The zero-order valence-corrected chi connectivity index (χ0v) is 18.6. The second-order valence-electron chi connectivity index (χ2n) is 6.26. The van der Waals surface area contributed by atoms with Crippen LogP contribution in [0.15, 0.2) is 52.1 Å². The molecule has 0 aliphatic rings. The van der Waals surface area contributed by atoms with Crippen molar-refractivity contribution in [2.45, 2.75) is 31.6 Å². The molecule has 0 spiro atoms. The van der Waals surface area contributed by atoms with Crippen LogP contribution >= 0.6 is 35.0 Å².